The second-order valence-corrected chi connectivity index (χ2v) is 4.00. The topological polar surface area (TPSA) is 94.9 Å². The number of carboxylic acids is 2. The van der Waals surface area contributed by atoms with Crippen molar-refractivity contribution in [2.75, 3.05) is 13.1 Å². The molecule has 21 heavy (non-hydrogen) atoms. The van der Waals surface area contributed by atoms with Gasteiger partial charge in [-0.1, -0.05) is 32.9 Å². The van der Waals surface area contributed by atoms with Crippen LogP contribution in [0.2, 0.25) is 0 Å². The standard InChI is InChI=1S/C13H15NO5.C2H6/c1-2-9-4-3-5-10(6-9)13(19)14(7-11(15)16)8-12(17)18;1-2/h3-6H,2,7-8H2,1H3,(H,15,16)(H,17,18);1-2H3. The first-order valence-electron chi connectivity index (χ1n) is 6.75. The number of amides is 1. The lowest BCUT2D eigenvalue weighted by Gasteiger charge is -2.18. The van der Waals surface area contributed by atoms with Crippen molar-refractivity contribution in [2.45, 2.75) is 27.2 Å². The molecule has 0 unspecified atom stereocenters. The van der Waals surface area contributed by atoms with Crippen LogP contribution in [0, 0.1) is 0 Å². The fourth-order valence-corrected chi connectivity index (χ4v) is 1.63. The van der Waals surface area contributed by atoms with E-state index in [2.05, 4.69) is 0 Å². The van der Waals surface area contributed by atoms with Crippen molar-refractivity contribution in [1.29, 1.82) is 0 Å². The van der Waals surface area contributed by atoms with E-state index in [1.165, 1.54) is 6.07 Å². The summed E-state index contributed by atoms with van der Waals surface area (Å²) in [6, 6.07) is 6.71. The summed E-state index contributed by atoms with van der Waals surface area (Å²) in [5.41, 5.74) is 1.22. The summed E-state index contributed by atoms with van der Waals surface area (Å²) in [5, 5.41) is 17.4. The van der Waals surface area contributed by atoms with Crippen LogP contribution < -0.4 is 0 Å². The van der Waals surface area contributed by atoms with Gasteiger partial charge < -0.3 is 15.1 Å². The van der Waals surface area contributed by atoms with E-state index >= 15 is 0 Å². The second kappa shape index (κ2) is 9.52. The van der Waals surface area contributed by atoms with Gasteiger partial charge in [-0.2, -0.15) is 0 Å². The fourth-order valence-electron chi connectivity index (χ4n) is 1.63. The van der Waals surface area contributed by atoms with E-state index in [9.17, 15) is 14.4 Å². The molecule has 0 aliphatic carbocycles. The highest BCUT2D eigenvalue weighted by atomic mass is 16.4. The molecule has 0 aromatic heterocycles. The number of carbonyl (C=O) groups is 3. The summed E-state index contributed by atoms with van der Waals surface area (Å²) in [6.07, 6.45) is 0.735. The van der Waals surface area contributed by atoms with Gasteiger partial charge in [0.1, 0.15) is 13.1 Å². The molecule has 0 bridgehead atoms. The summed E-state index contributed by atoms with van der Waals surface area (Å²) in [5.74, 6) is -3.09. The van der Waals surface area contributed by atoms with Crippen molar-refractivity contribution < 1.29 is 24.6 Å². The smallest absolute Gasteiger partial charge is 0.323 e. The van der Waals surface area contributed by atoms with Gasteiger partial charge in [-0.15, -0.1) is 0 Å². The van der Waals surface area contributed by atoms with Gasteiger partial charge in [0.2, 0.25) is 0 Å². The highest BCUT2D eigenvalue weighted by molar-refractivity contribution is 5.97. The van der Waals surface area contributed by atoms with Crippen molar-refractivity contribution >= 4 is 17.8 Å². The van der Waals surface area contributed by atoms with Crippen molar-refractivity contribution in [3.05, 3.63) is 35.4 Å². The van der Waals surface area contributed by atoms with Gasteiger partial charge in [0.25, 0.3) is 5.91 Å². The Morgan fingerprint density at radius 3 is 2.00 bits per heavy atom. The van der Waals surface area contributed by atoms with Gasteiger partial charge in [0.15, 0.2) is 0 Å². The lowest BCUT2D eigenvalue weighted by Crippen LogP contribution is -2.39. The molecular formula is C15H21NO5. The highest BCUT2D eigenvalue weighted by Crippen LogP contribution is 2.09. The Morgan fingerprint density at radius 1 is 1.05 bits per heavy atom. The lowest BCUT2D eigenvalue weighted by atomic mass is 10.1. The molecule has 0 fully saturated rings. The zero-order valence-electron chi connectivity index (χ0n) is 12.5. The molecule has 0 spiro atoms. The number of carboxylic acid groups (broad SMARTS) is 2. The maximum atomic E-state index is 12.1. The predicted molar refractivity (Wildman–Crippen MR) is 78.3 cm³/mol. The zero-order chi connectivity index (χ0) is 16.4. The largest absolute Gasteiger partial charge is 0.480 e. The van der Waals surface area contributed by atoms with Crippen molar-refractivity contribution in [1.82, 2.24) is 4.90 Å². The molecule has 1 amide bonds. The molecule has 0 heterocycles. The third kappa shape index (κ3) is 6.56. The Hall–Kier alpha value is -2.37. The molecule has 0 aliphatic heterocycles. The number of aryl methyl sites for hydroxylation is 1. The van der Waals surface area contributed by atoms with Crippen molar-refractivity contribution in [3.8, 4) is 0 Å². The Kier molecular flexibility index (Phi) is 8.45. The number of carbonyl (C=O) groups excluding carboxylic acids is 1. The average molecular weight is 295 g/mol. The van der Waals surface area contributed by atoms with Crippen LogP contribution in [0.3, 0.4) is 0 Å². The van der Waals surface area contributed by atoms with Gasteiger partial charge in [-0.05, 0) is 24.1 Å². The molecule has 0 aliphatic rings. The normalized spacial score (nSPS) is 9.29. The highest BCUT2D eigenvalue weighted by Gasteiger charge is 2.21. The summed E-state index contributed by atoms with van der Waals surface area (Å²) in [6.45, 7) is 4.65. The van der Waals surface area contributed by atoms with Crippen LogP contribution in [0.25, 0.3) is 0 Å². The summed E-state index contributed by atoms with van der Waals surface area (Å²) in [4.78, 5) is 34.2. The summed E-state index contributed by atoms with van der Waals surface area (Å²) >= 11 is 0. The number of hydrogen-bond acceptors (Lipinski definition) is 3. The van der Waals surface area contributed by atoms with E-state index in [1.54, 1.807) is 12.1 Å². The maximum absolute atomic E-state index is 12.1. The van der Waals surface area contributed by atoms with Gasteiger partial charge in [-0.3, -0.25) is 14.4 Å². The van der Waals surface area contributed by atoms with Gasteiger partial charge >= 0.3 is 11.9 Å². The van der Waals surface area contributed by atoms with E-state index in [0.29, 0.717) is 5.56 Å². The van der Waals surface area contributed by atoms with Crippen LogP contribution in [0.4, 0.5) is 0 Å². The molecule has 1 aromatic carbocycles. The molecule has 2 N–H and O–H groups in total. The van der Waals surface area contributed by atoms with Crippen LogP contribution in [0.5, 0.6) is 0 Å². The van der Waals surface area contributed by atoms with Gasteiger partial charge in [-0.25, -0.2) is 0 Å². The molecule has 6 nitrogen and oxygen atoms in total. The minimum atomic E-state index is -1.25. The Labute approximate surface area is 124 Å². The molecule has 6 heteroatoms. The fraction of sp³-hybridized carbons (Fsp3) is 0.400. The number of aliphatic carboxylic acids is 2. The molecule has 0 saturated heterocycles. The first-order valence-corrected chi connectivity index (χ1v) is 6.75. The first-order chi connectivity index (χ1) is 9.93. The third-order valence-electron chi connectivity index (χ3n) is 2.52. The number of nitrogens with zero attached hydrogens (tertiary/aromatic N) is 1. The van der Waals surface area contributed by atoms with Crippen LogP contribution in [0.15, 0.2) is 24.3 Å². The Morgan fingerprint density at radius 2 is 1.57 bits per heavy atom. The van der Waals surface area contributed by atoms with E-state index in [-0.39, 0.29) is 0 Å². The number of rotatable bonds is 6. The lowest BCUT2D eigenvalue weighted by molar-refractivity contribution is -0.140. The third-order valence-corrected chi connectivity index (χ3v) is 2.52. The molecule has 0 atom stereocenters. The molecule has 1 aromatic rings. The SMILES string of the molecule is CC.CCc1cccc(C(=O)N(CC(=O)O)CC(=O)O)c1. The van der Waals surface area contributed by atoms with Crippen molar-refractivity contribution in [3.63, 3.8) is 0 Å². The molecule has 1 rings (SSSR count). The number of benzene rings is 1. The van der Waals surface area contributed by atoms with Gasteiger partial charge in [0.05, 0.1) is 0 Å². The second-order valence-electron chi connectivity index (χ2n) is 4.00. The van der Waals surface area contributed by atoms with Gasteiger partial charge in [0, 0.05) is 5.56 Å². The monoisotopic (exact) mass is 295 g/mol. The van der Waals surface area contributed by atoms with Crippen LogP contribution >= 0.6 is 0 Å². The van der Waals surface area contributed by atoms with E-state index < -0.39 is 30.9 Å². The predicted octanol–water partition coefficient (Wildman–Crippen LogP) is 1.89. The molecule has 0 radical (unpaired) electrons. The molecular weight excluding hydrogens is 274 g/mol. The molecule has 0 saturated carbocycles. The average Bonchev–Trinajstić information content (AvgIpc) is 2.47. The summed E-state index contributed by atoms with van der Waals surface area (Å²) < 4.78 is 0. The zero-order valence-corrected chi connectivity index (χ0v) is 12.5. The Bertz CT molecular complexity index is 483. The van der Waals surface area contributed by atoms with E-state index in [1.807, 2.05) is 26.8 Å². The quantitative estimate of drug-likeness (QED) is 0.835. The molecule has 116 valence electrons. The van der Waals surface area contributed by atoms with Crippen molar-refractivity contribution in [2.24, 2.45) is 0 Å². The first kappa shape index (κ1) is 18.6. The van der Waals surface area contributed by atoms with Crippen LogP contribution in [-0.2, 0) is 16.0 Å². The maximum Gasteiger partial charge on any atom is 0.323 e. The van der Waals surface area contributed by atoms with E-state index in [4.69, 9.17) is 10.2 Å². The summed E-state index contributed by atoms with van der Waals surface area (Å²) in [7, 11) is 0. The van der Waals surface area contributed by atoms with Crippen LogP contribution in [-0.4, -0.2) is 46.0 Å². The minimum Gasteiger partial charge on any atom is -0.480 e. The van der Waals surface area contributed by atoms with Crippen LogP contribution in [0.1, 0.15) is 36.7 Å². The Balaban J connectivity index is 0.00000191. The van der Waals surface area contributed by atoms with E-state index in [0.717, 1.165) is 16.9 Å². The minimum absolute atomic E-state index is 0.293. The number of hydrogen-bond donors (Lipinski definition) is 2.